The Bertz CT molecular complexity index is 510. The largest absolute Gasteiger partial charge is 0.0617 e. The van der Waals surface area contributed by atoms with E-state index in [2.05, 4.69) is 83.1 Å². The molecule has 3 aliphatic carbocycles. The zero-order chi connectivity index (χ0) is 16.7. The lowest BCUT2D eigenvalue weighted by molar-refractivity contribution is -0.510. The molecule has 3 aliphatic rings. The van der Waals surface area contributed by atoms with Gasteiger partial charge in [-0.3, -0.25) is 0 Å². The Morgan fingerprint density at radius 3 is 1.29 bits per heavy atom. The van der Waals surface area contributed by atoms with Gasteiger partial charge in [0.05, 0.1) is 0 Å². The molecule has 0 aliphatic heterocycles. The molecule has 3 fully saturated rings. The fourth-order valence-corrected chi connectivity index (χ4v) is 9.49. The van der Waals surface area contributed by atoms with Crippen LogP contribution in [0.2, 0.25) is 0 Å². The molecule has 0 heteroatoms. The van der Waals surface area contributed by atoms with E-state index in [-0.39, 0.29) is 0 Å². The molecule has 3 saturated carbocycles. The summed E-state index contributed by atoms with van der Waals surface area (Å²) in [6.45, 7) is 30.9. The molecule has 0 N–H and O–H groups in total. The molecule has 0 heterocycles. The van der Waals surface area contributed by atoms with Crippen LogP contribution in [0.5, 0.6) is 0 Å². The van der Waals surface area contributed by atoms with E-state index in [0.29, 0.717) is 37.9 Å². The average molecular weight is 291 g/mol. The average Bonchev–Trinajstić information content (AvgIpc) is 2.48. The summed E-state index contributed by atoms with van der Waals surface area (Å²) in [5.41, 5.74) is 2.92. The van der Waals surface area contributed by atoms with Gasteiger partial charge in [-0.1, -0.05) is 83.1 Å². The molecule has 0 nitrogen and oxygen atoms in total. The Morgan fingerprint density at radius 2 is 0.857 bits per heavy atom. The van der Waals surface area contributed by atoms with Gasteiger partial charge in [-0.15, -0.1) is 0 Å². The van der Waals surface area contributed by atoms with Crippen molar-refractivity contribution in [2.24, 2.45) is 49.7 Å². The third-order valence-electron chi connectivity index (χ3n) is 12.2. The van der Waals surface area contributed by atoms with Crippen molar-refractivity contribution in [1.29, 1.82) is 0 Å². The van der Waals surface area contributed by atoms with E-state index in [1.54, 1.807) is 0 Å². The van der Waals surface area contributed by atoms with Crippen molar-refractivity contribution in [2.75, 3.05) is 0 Å². The lowest BCUT2D eigenvalue weighted by Gasteiger charge is -2.97. The van der Waals surface area contributed by atoms with Crippen LogP contribution in [0.1, 0.15) is 83.1 Å². The van der Waals surface area contributed by atoms with Crippen molar-refractivity contribution in [1.82, 2.24) is 0 Å². The second-order valence-electron chi connectivity index (χ2n) is 11.1. The van der Waals surface area contributed by atoms with E-state index in [9.17, 15) is 0 Å². The van der Waals surface area contributed by atoms with Gasteiger partial charge in [-0.25, -0.2) is 0 Å². The second kappa shape index (κ2) is 3.13. The lowest BCUT2D eigenvalue weighted by Crippen LogP contribution is -2.93. The van der Waals surface area contributed by atoms with Crippen LogP contribution in [0.4, 0.5) is 0 Å². The van der Waals surface area contributed by atoms with Crippen LogP contribution in [0.25, 0.3) is 0 Å². The molecule has 0 aromatic rings. The second-order valence-corrected chi connectivity index (χ2v) is 11.1. The van der Waals surface area contributed by atoms with Crippen molar-refractivity contribution < 1.29 is 0 Å². The Labute approximate surface area is 133 Å². The van der Waals surface area contributed by atoms with E-state index >= 15 is 0 Å². The molecule has 122 valence electrons. The summed E-state index contributed by atoms with van der Waals surface area (Å²) in [6.07, 6.45) is 0. The summed E-state index contributed by atoms with van der Waals surface area (Å²) in [7, 11) is 0. The van der Waals surface area contributed by atoms with Gasteiger partial charge in [-0.05, 0) is 49.7 Å². The van der Waals surface area contributed by atoms with Crippen molar-refractivity contribution in [3.05, 3.63) is 0 Å². The first kappa shape index (κ1) is 15.9. The van der Waals surface area contributed by atoms with E-state index in [0.717, 1.165) is 11.8 Å². The van der Waals surface area contributed by atoms with Gasteiger partial charge in [0.2, 0.25) is 0 Å². The molecule has 6 atom stereocenters. The van der Waals surface area contributed by atoms with Gasteiger partial charge in [0.15, 0.2) is 0 Å². The van der Waals surface area contributed by atoms with Gasteiger partial charge in [0, 0.05) is 0 Å². The highest BCUT2D eigenvalue weighted by Gasteiger charge is 2.99. The maximum atomic E-state index is 2.64. The normalized spacial score (nSPS) is 62.3. The van der Waals surface area contributed by atoms with Gasteiger partial charge in [0.1, 0.15) is 0 Å². The summed E-state index contributed by atoms with van der Waals surface area (Å²) in [5, 5.41) is 0. The molecule has 0 amide bonds. The first-order chi connectivity index (χ1) is 9.07. The zero-order valence-corrected chi connectivity index (χ0v) is 16.7. The Morgan fingerprint density at radius 1 is 0.476 bits per heavy atom. The summed E-state index contributed by atoms with van der Waals surface area (Å²) in [4.78, 5) is 0. The maximum absolute atomic E-state index is 2.64. The Hall–Kier alpha value is 0. The number of hydrogen-bond donors (Lipinski definition) is 0. The molecule has 0 aromatic heterocycles. The van der Waals surface area contributed by atoms with Crippen molar-refractivity contribution in [3.8, 4) is 0 Å². The number of hydrogen-bond acceptors (Lipinski definition) is 0. The zero-order valence-electron chi connectivity index (χ0n) is 16.7. The van der Waals surface area contributed by atoms with Crippen LogP contribution in [-0.2, 0) is 0 Å². The summed E-state index contributed by atoms with van der Waals surface area (Å²) in [6, 6.07) is 0. The summed E-state index contributed by atoms with van der Waals surface area (Å²) in [5.74, 6) is 1.59. The van der Waals surface area contributed by atoms with Crippen molar-refractivity contribution in [2.45, 2.75) is 83.1 Å². The summed E-state index contributed by atoms with van der Waals surface area (Å²) >= 11 is 0. The highest BCUT2D eigenvalue weighted by atomic mass is 15.0. The quantitative estimate of drug-likeness (QED) is 0.484. The highest BCUT2D eigenvalue weighted by molar-refractivity contribution is 5.45. The Balaban J connectivity index is 2.35. The topological polar surface area (TPSA) is 0 Å². The maximum Gasteiger partial charge on any atom is -0.0140 e. The van der Waals surface area contributed by atoms with E-state index in [1.165, 1.54) is 0 Å². The molecule has 0 aromatic carbocycles. The standard InChI is InChI=1S/C21H38/c1-13-14(2)18(9)19(10,15(13,3)4)21(12)17(7,8)16(5,6)20(18,21)11/h13-14H,1-12H3. The molecule has 0 bridgehead atoms. The van der Waals surface area contributed by atoms with Gasteiger partial charge in [0.25, 0.3) is 0 Å². The predicted octanol–water partition coefficient (Wildman–Crippen LogP) is 6.40. The van der Waals surface area contributed by atoms with Gasteiger partial charge >= 0.3 is 0 Å². The lowest BCUT2D eigenvalue weighted by atomic mass is 9.06. The number of rotatable bonds is 0. The molecule has 0 spiro atoms. The van der Waals surface area contributed by atoms with Crippen molar-refractivity contribution >= 4 is 0 Å². The minimum absolute atomic E-state index is 0.393. The molecule has 21 heavy (non-hydrogen) atoms. The first-order valence-corrected chi connectivity index (χ1v) is 9.07. The van der Waals surface area contributed by atoms with Crippen molar-refractivity contribution in [3.63, 3.8) is 0 Å². The fourth-order valence-electron chi connectivity index (χ4n) is 9.49. The van der Waals surface area contributed by atoms with Crippen LogP contribution in [0.15, 0.2) is 0 Å². The minimum atomic E-state index is 0.393. The van der Waals surface area contributed by atoms with Crippen LogP contribution in [0.3, 0.4) is 0 Å². The van der Waals surface area contributed by atoms with E-state index < -0.39 is 0 Å². The third-order valence-corrected chi connectivity index (χ3v) is 12.2. The highest BCUT2D eigenvalue weighted by Crippen LogP contribution is 3.03. The van der Waals surface area contributed by atoms with Crippen LogP contribution < -0.4 is 0 Å². The summed E-state index contributed by atoms with van der Waals surface area (Å²) < 4.78 is 0. The smallest absolute Gasteiger partial charge is 0.0140 e. The van der Waals surface area contributed by atoms with E-state index in [1.807, 2.05) is 0 Å². The van der Waals surface area contributed by atoms with Crippen LogP contribution in [0, 0.1) is 49.7 Å². The number of fused-ring (bicyclic) bond motifs is 4. The monoisotopic (exact) mass is 290 g/mol. The predicted molar refractivity (Wildman–Crippen MR) is 92.1 cm³/mol. The van der Waals surface area contributed by atoms with Gasteiger partial charge in [-0.2, -0.15) is 0 Å². The Kier molecular flexibility index (Phi) is 2.37. The molecule has 3 rings (SSSR count). The van der Waals surface area contributed by atoms with Crippen LogP contribution >= 0.6 is 0 Å². The first-order valence-electron chi connectivity index (χ1n) is 9.07. The molecular weight excluding hydrogens is 252 g/mol. The fraction of sp³-hybridized carbons (Fsp3) is 1.00. The molecule has 0 radical (unpaired) electrons. The minimum Gasteiger partial charge on any atom is -0.0617 e. The van der Waals surface area contributed by atoms with E-state index in [4.69, 9.17) is 0 Å². The molecule has 6 unspecified atom stereocenters. The molecular formula is C21H38. The molecule has 0 saturated heterocycles. The third kappa shape index (κ3) is 0.837. The SMILES string of the molecule is CC1C(C)C2(C)C(C)(C1(C)C)C1(C)C(C)(C)C(C)(C)C21C. The van der Waals surface area contributed by atoms with Gasteiger partial charge < -0.3 is 0 Å². The van der Waals surface area contributed by atoms with Crippen LogP contribution in [-0.4, -0.2) is 0 Å².